The molecular formula is C15H15NO2. The van der Waals surface area contributed by atoms with E-state index in [9.17, 15) is 4.79 Å². The lowest BCUT2D eigenvalue weighted by molar-refractivity contribution is 0.0697. The van der Waals surface area contributed by atoms with Gasteiger partial charge in [0.2, 0.25) is 0 Å². The van der Waals surface area contributed by atoms with Crippen molar-refractivity contribution in [2.75, 3.05) is 0 Å². The normalized spacial score (nSPS) is 10.3. The molecule has 3 nitrogen and oxygen atoms in total. The van der Waals surface area contributed by atoms with E-state index in [1.807, 2.05) is 36.4 Å². The van der Waals surface area contributed by atoms with Gasteiger partial charge < -0.3 is 10.8 Å². The van der Waals surface area contributed by atoms with Gasteiger partial charge >= 0.3 is 5.97 Å². The zero-order valence-corrected chi connectivity index (χ0v) is 9.97. The highest BCUT2D eigenvalue weighted by Gasteiger charge is 2.02. The fraction of sp³-hybridized carbons (Fsp3) is 0.133. The van der Waals surface area contributed by atoms with E-state index in [0.29, 0.717) is 12.1 Å². The average molecular weight is 241 g/mol. The summed E-state index contributed by atoms with van der Waals surface area (Å²) in [6, 6.07) is 15.1. The molecule has 0 aliphatic heterocycles. The topological polar surface area (TPSA) is 63.3 Å². The molecule has 0 amide bonds. The number of rotatable bonds is 4. The summed E-state index contributed by atoms with van der Waals surface area (Å²) in [5.41, 5.74) is 9.26. The third kappa shape index (κ3) is 2.96. The van der Waals surface area contributed by atoms with Crippen LogP contribution in [-0.2, 0) is 13.0 Å². The Labute approximate surface area is 106 Å². The molecular weight excluding hydrogens is 226 g/mol. The molecule has 0 radical (unpaired) electrons. The largest absolute Gasteiger partial charge is 0.478 e. The molecule has 0 aliphatic carbocycles. The quantitative estimate of drug-likeness (QED) is 0.864. The smallest absolute Gasteiger partial charge is 0.335 e. The van der Waals surface area contributed by atoms with Crippen molar-refractivity contribution in [2.45, 2.75) is 13.0 Å². The van der Waals surface area contributed by atoms with Crippen LogP contribution in [-0.4, -0.2) is 11.1 Å². The molecule has 0 atom stereocenters. The lowest BCUT2D eigenvalue weighted by atomic mass is 10.0. The summed E-state index contributed by atoms with van der Waals surface area (Å²) in [4.78, 5) is 10.7. The Morgan fingerprint density at radius 1 is 0.889 bits per heavy atom. The summed E-state index contributed by atoms with van der Waals surface area (Å²) in [6.45, 7) is 0.549. The molecule has 2 aromatic carbocycles. The molecule has 0 unspecified atom stereocenters. The van der Waals surface area contributed by atoms with Crippen molar-refractivity contribution in [1.82, 2.24) is 0 Å². The molecule has 2 aromatic rings. The summed E-state index contributed by atoms with van der Waals surface area (Å²) in [6.07, 6.45) is 0.796. The van der Waals surface area contributed by atoms with Crippen LogP contribution in [0.3, 0.4) is 0 Å². The monoisotopic (exact) mass is 241 g/mol. The van der Waals surface area contributed by atoms with E-state index in [4.69, 9.17) is 10.8 Å². The number of carbonyl (C=O) groups is 1. The van der Waals surface area contributed by atoms with E-state index in [-0.39, 0.29) is 0 Å². The first-order valence-electron chi connectivity index (χ1n) is 5.79. The van der Waals surface area contributed by atoms with Gasteiger partial charge in [0.1, 0.15) is 0 Å². The van der Waals surface area contributed by atoms with Crippen LogP contribution in [0, 0.1) is 0 Å². The van der Waals surface area contributed by atoms with Crippen LogP contribution in [0.4, 0.5) is 0 Å². The molecule has 3 heteroatoms. The fourth-order valence-corrected chi connectivity index (χ4v) is 1.79. The maximum absolute atomic E-state index is 10.7. The maximum atomic E-state index is 10.7. The lowest BCUT2D eigenvalue weighted by Crippen LogP contribution is -1.97. The highest BCUT2D eigenvalue weighted by Crippen LogP contribution is 2.12. The first-order valence-corrected chi connectivity index (χ1v) is 5.79. The van der Waals surface area contributed by atoms with Gasteiger partial charge in [-0.05, 0) is 35.2 Å². The highest BCUT2D eigenvalue weighted by molar-refractivity contribution is 5.87. The number of benzene rings is 2. The standard InChI is InChI=1S/C15H15NO2/c16-10-13-3-1-11(2-4-13)9-12-5-7-14(8-6-12)15(17)18/h1-8H,9-10,16H2,(H,17,18). The molecule has 3 N–H and O–H groups in total. The zero-order valence-electron chi connectivity index (χ0n) is 9.97. The molecule has 0 aliphatic rings. The number of hydrogen-bond acceptors (Lipinski definition) is 2. The van der Waals surface area contributed by atoms with E-state index in [0.717, 1.165) is 17.5 Å². The molecule has 0 saturated heterocycles. The van der Waals surface area contributed by atoms with Crippen LogP contribution in [0.2, 0.25) is 0 Å². The van der Waals surface area contributed by atoms with Gasteiger partial charge in [-0.3, -0.25) is 0 Å². The number of hydrogen-bond donors (Lipinski definition) is 2. The molecule has 18 heavy (non-hydrogen) atoms. The van der Waals surface area contributed by atoms with Crippen molar-refractivity contribution >= 4 is 5.97 Å². The van der Waals surface area contributed by atoms with Crippen LogP contribution < -0.4 is 5.73 Å². The molecule has 0 aromatic heterocycles. The van der Waals surface area contributed by atoms with Gasteiger partial charge in [-0.25, -0.2) is 4.79 Å². The van der Waals surface area contributed by atoms with E-state index in [1.54, 1.807) is 12.1 Å². The number of carboxylic acids is 1. The van der Waals surface area contributed by atoms with Gasteiger partial charge in [0.05, 0.1) is 5.56 Å². The van der Waals surface area contributed by atoms with Crippen LogP contribution in [0.5, 0.6) is 0 Å². The minimum atomic E-state index is -0.895. The molecule has 2 rings (SSSR count). The first-order chi connectivity index (χ1) is 8.69. The lowest BCUT2D eigenvalue weighted by Gasteiger charge is -2.04. The van der Waals surface area contributed by atoms with Gasteiger partial charge in [0.25, 0.3) is 0 Å². The number of carboxylic acid groups (broad SMARTS) is 1. The second kappa shape index (κ2) is 5.47. The fourth-order valence-electron chi connectivity index (χ4n) is 1.79. The molecule has 92 valence electrons. The van der Waals surface area contributed by atoms with Crippen molar-refractivity contribution in [3.05, 3.63) is 70.8 Å². The first kappa shape index (κ1) is 12.3. The zero-order chi connectivity index (χ0) is 13.0. The minimum absolute atomic E-state index is 0.317. The predicted octanol–water partition coefficient (Wildman–Crippen LogP) is 2.43. The summed E-state index contributed by atoms with van der Waals surface area (Å²) >= 11 is 0. The second-order valence-electron chi connectivity index (χ2n) is 4.20. The van der Waals surface area contributed by atoms with Crippen molar-refractivity contribution < 1.29 is 9.90 Å². The van der Waals surface area contributed by atoms with E-state index >= 15 is 0 Å². The molecule has 0 saturated carbocycles. The molecule has 0 spiro atoms. The molecule has 0 heterocycles. The Bertz CT molecular complexity index is 529. The highest BCUT2D eigenvalue weighted by atomic mass is 16.4. The number of aromatic carboxylic acids is 1. The van der Waals surface area contributed by atoms with Gasteiger partial charge in [-0.15, -0.1) is 0 Å². The van der Waals surface area contributed by atoms with Crippen molar-refractivity contribution in [3.63, 3.8) is 0 Å². The van der Waals surface area contributed by atoms with Crippen LogP contribution in [0.1, 0.15) is 27.0 Å². The Hall–Kier alpha value is -2.13. The number of nitrogens with two attached hydrogens (primary N) is 1. The average Bonchev–Trinajstić information content (AvgIpc) is 2.40. The van der Waals surface area contributed by atoms with E-state index in [1.165, 1.54) is 5.56 Å². The Kier molecular flexibility index (Phi) is 3.75. The third-order valence-electron chi connectivity index (χ3n) is 2.87. The molecule has 0 bridgehead atoms. The minimum Gasteiger partial charge on any atom is -0.478 e. The van der Waals surface area contributed by atoms with Gasteiger partial charge in [-0.1, -0.05) is 36.4 Å². The summed E-state index contributed by atoms with van der Waals surface area (Å²) in [7, 11) is 0. The Balaban J connectivity index is 2.10. The summed E-state index contributed by atoms with van der Waals surface area (Å²) in [5, 5.41) is 8.81. The van der Waals surface area contributed by atoms with Gasteiger partial charge in [0, 0.05) is 6.54 Å². The van der Waals surface area contributed by atoms with Crippen molar-refractivity contribution in [1.29, 1.82) is 0 Å². The Morgan fingerprint density at radius 2 is 1.33 bits per heavy atom. The van der Waals surface area contributed by atoms with Crippen molar-refractivity contribution in [2.24, 2.45) is 5.73 Å². The SMILES string of the molecule is NCc1ccc(Cc2ccc(C(=O)O)cc2)cc1. The molecule has 0 fully saturated rings. The van der Waals surface area contributed by atoms with Crippen LogP contribution >= 0.6 is 0 Å². The van der Waals surface area contributed by atoms with Gasteiger partial charge in [-0.2, -0.15) is 0 Å². The van der Waals surface area contributed by atoms with Crippen LogP contribution in [0.15, 0.2) is 48.5 Å². The second-order valence-corrected chi connectivity index (χ2v) is 4.20. The summed E-state index contributed by atoms with van der Waals surface area (Å²) < 4.78 is 0. The predicted molar refractivity (Wildman–Crippen MR) is 70.5 cm³/mol. The third-order valence-corrected chi connectivity index (χ3v) is 2.87. The maximum Gasteiger partial charge on any atom is 0.335 e. The van der Waals surface area contributed by atoms with E-state index < -0.39 is 5.97 Å². The van der Waals surface area contributed by atoms with Crippen molar-refractivity contribution in [3.8, 4) is 0 Å². The van der Waals surface area contributed by atoms with Crippen LogP contribution in [0.25, 0.3) is 0 Å². The Morgan fingerprint density at radius 3 is 1.78 bits per heavy atom. The van der Waals surface area contributed by atoms with Gasteiger partial charge in [0.15, 0.2) is 0 Å². The summed E-state index contributed by atoms with van der Waals surface area (Å²) in [5.74, 6) is -0.895. The van der Waals surface area contributed by atoms with E-state index in [2.05, 4.69) is 0 Å².